The fourth-order valence-corrected chi connectivity index (χ4v) is 8.89. The minimum absolute atomic E-state index is 0.128. The van der Waals surface area contributed by atoms with Crippen molar-refractivity contribution in [2.24, 2.45) is 0 Å². The molecule has 0 saturated carbocycles. The average Bonchev–Trinajstić information content (AvgIpc) is 3.83. The van der Waals surface area contributed by atoms with Gasteiger partial charge in [-0.25, -0.2) is 4.79 Å². The third-order valence-corrected chi connectivity index (χ3v) is 11.8. The monoisotopic (exact) mass is 777 g/mol. The van der Waals surface area contributed by atoms with Gasteiger partial charge < -0.3 is 30.1 Å². The van der Waals surface area contributed by atoms with E-state index in [4.69, 9.17) is 9.47 Å². The number of carbonyl (C=O) groups excluding carboxylic acids is 4. The van der Waals surface area contributed by atoms with Crippen LogP contribution in [0.1, 0.15) is 73.5 Å². The quantitative estimate of drug-likeness (QED) is 0.125. The number of esters is 1. The summed E-state index contributed by atoms with van der Waals surface area (Å²) in [5.41, 5.74) is 5.85. The van der Waals surface area contributed by atoms with Crippen molar-refractivity contribution in [3.63, 3.8) is 0 Å². The Morgan fingerprint density at radius 2 is 1.38 bits per heavy atom. The highest BCUT2D eigenvalue weighted by atomic mass is 32.2. The van der Waals surface area contributed by atoms with E-state index in [2.05, 4.69) is 34.9 Å². The molecule has 4 aromatic rings. The van der Waals surface area contributed by atoms with Gasteiger partial charge in [0.1, 0.15) is 6.04 Å². The number of hydrogen-bond acceptors (Lipinski definition) is 8. The molecule has 6 rings (SSSR count). The molecule has 11 heteroatoms. The Kier molecular flexibility index (Phi) is 13.3. The first-order chi connectivity index (χ1) is 26.9. The summed E-state index contributed by atoms with van der Waals surface area (Å²) >= 11 is 1.47. The number of likely N-dealkylation sites (tertiary alicyclic amines) is 1. The molecule has 1 aliphatic heterocycles. The van der Waals surface area contributed by atoms with E-state index >= 15 is 0 Å². The lowest BCUT2D eigenvalue weighted by molar-refractivity contribution is -0.150. The predicted molar refractivity (Wildman–Crippen MR) is 218 cm³/mol. The lowest BCUT2D eigenvalue weighted by atomic mass is 9.93. The Hall–Kier alpha value is -4.97. The van der Waals surface area contributed by atoms with Crippen molar-refractivity contribution in [2.45, 2.75) is 81.0 Å². The third-order valence-electron chi connectivity index (χ3n) is 10.3. The minimum Gasteiger partial charge on any atom is -0.467 e. The Bertz CT molecular complexity index is 1900. The zero-order valence-corrected chi connectivity index (χ0v) is 33.2. The van der Waals surface area contributed by atoms with Gasteiger partial charge in [0.2, 0.25) is 11.8 Å². The third kappa shape index (κ3) is 9.69. The van der Waals surface area contributed by atoms with Crippen LogP contribution in [0.2, 0.25) is 0 Å². The van der Waals surface area contributed by atoms with E-state index < -0.39 is 47.6 Å². The van der Waals surface area contributed by atoms with E-state index in [1.165, 1.54) is 18.9 Å². The molecule has 1 saturated heterocycles. The second-order valence-corrected chi connectivity index (χ2v) is 16.4. The van der Waals surface area contributed by atoms with E-state index in [9.17, 15) is 24.3 Å². The molecule has 1 fully saturated rings. The zero-order valence-electron chi connectivity index (χ0n) is 32.4. The molecular formula is C45H51N3O7S. The molecule has 10 nitrogen and oxygen atoms in total. The number of aliphatic hydroxyl groups is 1. The smallest absolute Gasteiger partial charge is 0.330 e. The van der Waals surface area contributed by atoms with Gasteiger partial charge in [-0.05, 0) is 67.0 Å². The number of carbonyl (C=O) groups is 4. The van der Waals surface area contributed by atoms with Crippen LogP contribution in [0.15, 0.2) is 109 Å². The lowest BCUT2D eigenvalue weighted by Crippen LogP contribution is -2.58. The van der Waals surface area contributed by atoms with Crippen LogP contribution in [0.3, 0.4) is 0 Å². The van der Waals surface area contributed by atoms with Crippen LogP contribution in [-0.2, 0) is 28.7 Å². The number of nitrogens with one attached hydrogen (secondary N) is 2. The maximum Gasteiger partial charge on any atom is 0.330 e. The van der Waals surface area contributed by atoms with Gasteiger partial charge in [0.25, 0.3) is 5.91 Å². The molecule has 1 heterocycles. The highest BCUT2D eigenvalue weighted by molar-refractivity contribution is 7.99. The van der Waals surface area contributed by atoms with Gasteiger partial charge in [-0.3, -0.25) is 14.4 Å². The maximum atomic E-state index is 14.3. The van der Waals surface area contributed by atoms with Gasteiger partial charge in [0.05, 0.1) is 30.6 Å². The van der Waals surface area contributed by atoms with Gasteiger partial charge in [0.15, 0.2) is 12.1 Å². The molecule has 0 spiro atoms. The summed E-state index contributed by atoms with van der Waals surface area (Å²) in [5, 5.41) is 17.1. The SMILES string of the molecule is COC(=O)[C@H](COC(C)(C)C)NC(=O)[C@H](O)[C@H](CSC(c1ccccc1)c1ccccc1)NC(=O)[C@@H]1CCCN1C(=O)CC1c2ccccc2-c2ccccc21. The van der Waals surface area contributed by atoms with Crippen LogP contribution < -0.4 is 10.6 Å². The van der Waals surface area contributed by atoms with Crippen molar-refractivity contribution < 1.29 is 33.8 Å². The van der Waals surface area contributed by atoms with E-state index in [0.717, 1.165) is 33.4 Å². The van der Waals surface area contributed by atoms with Crippen LogP contribution in [-0.4, -0.2) is 89.5 Å². The number of aliphatic hydroxyl groups excluding tert-OH is 1. The summed E-state index contributed by atoms with van der Waals surface area (Å²) in [4.78, 5) is 56.4. The largest absolute Gasteiger partial charge is 0.467 e. The van der Waals surface area contributed by atoms with Crippen molar-refractivity contribution >= 4 is 35.5 Å². The molecule has 294 valence electrons. The van der Waals surface area contributed by atoms with Crippen molar-refractivity contribution in [3.05, 3.63) is 131 Å². The Morgan fingerprint density at radius 1 is 0.821 bits per heavy atom. The molecule has 1 aliphatic carbocycles. The molecule has 3 N–H and O–H groups in total. The number of thioether (sulfide) groups is 1. The van der Waals surface area contributed by atoms with Gasteiger partial charge in [-0.2, -0.15) is 0 Å². The van der Waals surface area contributed by atoms with E-state index in [0.29, 0.717) is 19.4 Å². The number of fused-ring (bicyclic) bond motifs is 3. The summed E-state index contributed by atoms with van der Waals surface area (Å²) in [5.74, 6) is -2.17. The van der Waals surface area contributed by atoms with Gasteiger partial charge in [-0.15, -0.1) is 11.8 Å². The number of nitrogens with zero attached hydrogens (tertiary/aromatic N) is 1. The van der Waals surface area contributed by atoms with Crippen molar-refractivity contribution in [2.75, 3.05) is 26.0 Å². The molecule has 0 radical (unpaired) electrons. The van der Waals surface area contributed by atoms with Crippen molar-refractivity contribution in [3.8, 4) is 11.1 Å². The first-order valence-electron chi connectivity index (χ1n) is 19.1. The molecule has 4 aromatic carbocycles. The van der Waals surface area contributed by atoms with E-state index in [1.807, 2.05) is 106 Å². The fourth-order valence-electron chi connectivity index (χ4n) is 7.52. The maximum absolute atomic E-state index is 14.3. The summed E-state index contributed by atoms with van der Waals surface area (Å²) in [7, 11) is 1.21. The highest BCUT2D eigenvalue weighted by Crippen LogP contribution is 2.46. The molecule has 4 atom stereocenters. The van der Waals surface area contributed by atoms with Crippen LogP contribution in [0.4, 0.5) is 0 Å². The summed E-state index contributed by atoms with van der Waals surface area (Å²) in [6.45, 7) is 5.70. The number of methoxy groups -OCH3 is 1. The summed E-state index contributed by atoms with van der Waals surface area (Å²) < 4.78 is 10.7. The number of amides is 3. The first kappa shape index (κ1) is 40.7. The Labute approximate surface area is 333 Å². The molecular weight excluding hydrogens is 727 g/mol. The number of ether oxygens (including phenoxy) is 2. The average molecular weight is 778 g/mol. The molecule has 3 amide bonds. The Balaban J connectivity index is 1.22. The number of rotatable bonds is 15. The highest BCUT2D eigenvalue weighted by Gasteiger charge is 2.40. The zero-order chi connectivity index (χ0) is 39.8. The predicted octanol–water partition coefficient (Wildman–Crippen LogP) is 6.02. The minimum atomic E-state index is -1.75. The van der Waals surface area contributed by atoms with Crippen LogP contribution in [0.25, 0.3) is 11.1 Å². The molecule has 2 aliphatic rings. The van der Waals surface area contributed by atoms with E-state index in [-0.39, 0.29) is 35.9 Å². The topological polar surface area (TPSA) is 134 Å². The van der Waals surface area contributed by atoms with Crippen LogP contribution >= 0.6 is 11.8 Å². The molecule has 0 unspecified atom stereocenters. The Morgan fingerprint density at radius 3 is 1.93 bits per heavy atom. The van der Waals surface area contributed by atoms with Crippen LogP contribution in [0.5, 0.6) is 0 Å². The second-order valence-electron chi connectivity index (χ2n) is 15.3. The first-order valence-corrected chi connectivity index (χ1v) is 20.2. The van der Waals surface area contributed by atoms with Gasteiger partial charge >= 0.3 is 5.97 Å². The molecule has 0 aromatic heterocycles. The van der Waals surface area contributed by atoms with Crippen LogP contribution in [0, 0.1) is 0 Å². The standard InChI is InChI=1S/C45H51N3O7S/c1-45(2,3)55-27-36(44(53)54-4)46-43(52)40(50)37(28-56-41(29-16-7-5-8-17-29)30-18-9-6-10-19-30)47-42(51)38-24-15-25-48(38)39(49)26-35-33-22-13-11-20-31(33)32-21-12-14-23-34(32)35/h5-14,16-23,35-38,40-41,50H,15,24-28H2,1-4H3,(H,46,52)(H,47,51)/t36-,37-,38-,40+/m0/s1. The second kappa shape index (κ2) is 18.3. The number of hydrogen-bond donors (Lipinski definition) is 3. The number of benzene rings is 4. The molecule has 56 heavy (non-hydrogen) atoms. The van der Waals surface area contributed by atoms with Gasteiger partial charge in [-0.1, -0.05) is 109 Å². The fraction of sp³-hybridized carbons (Fsp3) is 0.378. The van der Waals surface area contributed by atoms with E-state index in [1.54, 1.807) is 4.90 Å². The lowest BCUT2D eigenvalue weighted by Gasteiger charge is -2.31. The van der Waals surface area contributed by atoms with Gasteiger partial charge in [0, 0.05) is 24.6 Å². The molecule has 0 bridgehead atoms. The summed E-state index contributed by atoms with van der Waals surface area (Å²) in [6, 6.07) is 32.9. The summed E-state index contributed by atoms with van der Waals surface area (Å²) in [6.07, 6.45) is -0.452. The van der Waals surface area contributed by atoms with Crippen molar-refractivity contribution in [1.82, 2.24) is 15.5 Å². The van der Waals surface area contributed by atoms with Crippen molar-refractivity contribution in [1.29, 1.82) is 0 Å². The normalized spacial score (nSPS) is 16.8.